The number of carbonyl (C=O) groups excluding carboxylic acids is 2. The van der Waals surface area contributed by atoms with Gasteiger partial charge in [-0.1, -0.05) is 12.1 Å². The molecule has 1 heterocycles. The summed E-state index contributed by atoms with van der Waals surface area (Å²) in [5.41, 5.74) is 6.61. The van der Waals surface area contributed by atoms with E-state index in [0.29, 0.717) is 25.1 Å². The van der Waals surface area contributed by atoms with E-state index >= 15 is 0 Å². The molecule has 1 saturated heterocycles. The average Bonchev–Trinajstić information content (AvgIpc) is 3.14. The molecule has 1 saturated carbocycles. The Kier molecular flexibility index (Phi) is 4.52. The van der Waals surface area contributed by atoms with Crippen molar-refractivity contribution in [2.75, 3.05) is 18.6 Å². The Balaban J connectivity index is 1.66. The summed E-state index contributed by atoms with van der Waals surface area (Å²) in [7, 11) is 1.59. The van der Waals surface area contributed by atoms with Crippen LogP contribution in [0.3, 0.4) is 0 Å². The molecule has 2 fully saturated rings. The molecular formula is C17H23N3O3. The van der Waals surface area contributed by atoms with E-state index in [4.69, 9.17) is 10.5 Å². The first-order valence-electron chi connectivity index (χ1n) is 8.10. The fraction of sp³-hybridized carbons (Fsp3) is 0.529. The molecule has 23 heavy (non-hydrogen) atoms. The Morgan fingerprint density at radius 1 is 1.30 bits per heavy atom. The lowest BCUT2D eigenvalue weighted by Gasteiger charge is -2.20. The maximum absolute atomic E-state index is 12.6. The van der Waals surface area contributed by atoms with Gasteiger partial charge in [-0.05, 0) is 37.8 Å². The van der Waals surface area contributed by atoms with Crippen LogP contribution in [0.2, 0.25) is 0 Å². The predicted molar refractivity (Wildman–Crippen MR) is 87.2 cm³/mol. The lowest BCUT2D eigenvalue weighted by atomic mass is 10.1. The van der Waals surface area contributed by atoms with E-state index in [2.05, 4.69) is 5.32 Å². The SMILES string of the molecule is COc1ccccc1N1CCC(NC(=O)C2CCC(N)C2)C1=O. The molecule has 3 atom stereocenters. The van der Waals surface area contributed by atoms with Gasteiger partial charge in [0.2, 0.25) is 11.8 Å². The molecular weight excluding hydrogens is 294 g/mol. The number of nitrogens with zero attached hydrogens (tertiary/aromatic N) is 1. The molecule has 1 aliphatic carbocycles. The van der Waals surface area contributed by atoms with Gasteiger partial charge in [-0.25, -0.2) is 0 Å². The topological polar surface area (TPSA) is 84.7 Å². The minimum atomic E-state index is -0.454. The molecule has 0 radical (unpaired) electrons. The third-order valence-electron chi connectivity index (χ3n) is 4.74. The Labute approximate surface area is 136 Å². The van der Waals surface area contributed by atoms with E-state index in [1.807, 2.05) is 24.3 Å². The molecule has 6 nitrogen and oxygen atoms in total. The number of carbonyl (C=O) groups is 2. The molecule has 0 bridgehead atoms. The fourth-order valence-corrected chi connectivity index (χ4v) is 3.45. The van der Waals surface area contributed by atoms with Crippen LogP contribution in [-0.2, 0) is 9.59 Å². The average molecular weight is 317 g/mol. The minimum Gasteiger partial charge on any atom is -0.495 e. The molecule has 3 rings (SSSR count). The van der Waals surface area contributed by atoms with Gasteiger partial charge in [-0.2, -0.15) is 0 Å². The van der Waals surface area contributed by atoms with E-state index in [0.717, 1.165) is 18.5 Å². The summed E-state index contributed by atoms with van der Waals surface area (Å²) in [5.74, 6) is 0.482. The minimum absolute atomic E-state index is 0.0434. The highest BCUT2D eigenvalue weighted by Crippen LogP contribution is 2.31. The van der Waals surface area contributed by atoms with Crippen molar-refractivity contribution in [1.29, 1.82) is 0 Å². The van der Waals surface area contributed by atoms with Gasteiger partial charge in [0.25, 0.3) is 0 Å². The van der Waals surface area contributed by atoms with Crippen molar-refractivity contribution in [1.82, 2.24) is 5.32 Å². The molecule has 6 heteroatoms. The Bertz CT molecular complexity index is 605. The van der Waals surface area contributed by atoms with Crippen LogP contribution in [0.25, 0.3) is 0 Å². The van der Waals surface area contributed by atoms with Crippen LogP contribution in [0, 0.1) is 5.92 Å². The van der Waals surface area contributed by atoms with Crippen LogP contribution in [0.4, 0.5) is 5.69 Å². The second kappa shape index (κ2) is 6.58. The van der Waals surface area contributed by atoms with Crippen LogP contribution in [0.15, 0.2) is 24.3 Å². The van der Waals surface area contributed by atoms with Gasteiger partial charge >= 0.3 is 0 Å². The number of rotatable bonds is 4. The Morgan fingerprint density at radius 3 is 2.78 bits per heavy atom. The summed E-state index contributed by atoms with van der Waals surface area (Å²) in [4.78, 5) is 26.6. The van der Waals surface area contributed by atoms with Crippen molar-refractivity contribution >= 4 is 17.5 Å². The molecule has 1 aliphatic heterocycles. The first kappa shape index (κ1) is 15.8. The van der Waals surface area contributed by atoms with Gasteiger partial charge in [0, 0.05) is 18.5 Å². The van der Waals surface area contributed by atoms with Gasteiger partial charge in [-0.3, -0.25) is 9.59 Å². The zero-order valence-electron chi connectivity index (χ0n) is 13.3. The summed E-state index contributed by atoms with van der Waals surface area (Å²) < 4.78 is 5.32. The maximum atomic E-state index is 12.6. The Morgan fingerprint density at radius 2 is 2.09 bits per heavy atom. The lowest BCUT2D eigenvalue weighted by molar-refractivity contribution is -0.129. The van der Waals surface area contributed by atoms with Crippen LogP contribution < -0.4 is 20.7 Å². The normalized spacial score (nSPS) is 27.3. The molecule has 2 amide bonds. The monoisotopic (exact) mass is 317 g/mol. The molecule has 1 aromatic carbocycles. The van der Waals surface area contributed by atoms with Crippen LogP contribution in [0.5, 0.6) is 5.75 Å². The van der Waals surface area contributed by atoms with Crippen LogP contribution >= 0.6 is 0 Å². The molecule has 3 unspecified atom stereocenters. The summed E-state index contributed by atoms with van der Waals surface area (Å²) in [6.07, 6.45) is 3.01. The smallest absolute Gasteiger partial charge is 0.249 e. The second-order valence-corrected chi connectivity index (χ2v) is 6.28. The van der Waals surface area contributed by atoms with Gasteiger partial charge in [0.05, 0.1) is 12.8 Å². The number of ether oxygens (including phenoxy) is 1. The van der Waals surface area contributed by atoms with E-state index in [1.54, 1.807) is 12.0 Å². The standard InChI is InChI=1S/C17H23N3O3/c1-23-15-5-3-2-4-14(15)20-9-8-13(17(20)22)19-16(21)11-6-7-12(18)10-11/h2-5,11-13H,6-10,18H2,1H3,(H,19,21). The number of amides is 2. The molecule has 2 aliphatic rings. The fourth-order valence-electron chi connectivity index (χ4n) is 3.45. The second-order valence-electron chi connectivity index (χ2n) is 6.28. The number of methoxy groups -OCH3 is 1. The van der Waals surface area contributed by atoms with Crippen molar-refractivity contribution in [2.24, 2.45) is 11.7 Å². The number of benzene rings is 1. The number of hydrogen-bond donors (Lipinski definition) is 2. The third kappa shape index (κ3) is 3.17. The summed E-state index contributed by atoms with van der Waals surface area (Å²) in [6, 6.07) is 7.08. The number of nitrogens with two attached hydrogens (primary N) is 1. The summed E-state index contributed by atoms with van der Waals surface area (Å²) in [6.45, 7) is 0.578. The zero-order chi connectivity index (χ0) is 16.4. The Hall–Kier alpha value is -2.08. The van der Waals surface area contributed by atoms with Crippen molar-refractivity contribution in [3.8, 4) is 5.75 Å². The molecule has 124 valence electrons. The quantitative estimate of drug-likeness (QED) is 0.869. The number of para-hydroxylation sites is 2. The highest BCUT2D eigenvalue weighted by Gasteiger charge is 2.37. The first-order chi connectivity index (χ1) is 11.1. The highest BCUT2D eigenvalue weighted by atomic mass is 16.5. The van der Waals surface area contributed by atoms with E-state index < -0.39 is 6.04 Å². The summed E-state index contributed by atoms with van der Waals surface area (Å²) in [5, 5.41) is 2.90. The van der Waals surface area contributed by atoms with E-state index in [-0.39, 0.29) is 23.8 Å². The van der Waals surface area contributed by atoms with Gasteiger partial charge in [-0.15, -0.1) is 0 Å². The van der Waals surface area contributed by atoms with Crippen molar-refractivity contribution in [2.45, 2.75) is 37.8 Å². The maximum Gasteiger partial charge on any atom is 0.249 e. The lowest BCUT2D eigenvalue weighted by Crippen LogP contribution is -2.43. The van der Waals surface area contributed by atoms with E-state index in [1.165, 1.54) is 0 Å². The molecule has 1 aromatic rings. The first-order valence-corrected chi connectivity index (χ1v) is 8.10. The number of hydrogen-bond acceptors (Lipinski definition) is 4. The molecule has 0 aromatic heterocycles. The zero-order valence-corrected chi connectivity index (χ0v) is 13.3. The third-order valence-corrected chi connectivity index (χ3v) is 4.74. The largest absolute Gasteiger partial charge is 0.495 e. The predicted octanol–water partition coefficient (Wildman–Crippen LogP) is 1.04. The van der Waals surface area contributed by atoms with Crippen LogP contribution in [0.1, 0.15) is 25.7 Å². The van der Waals surface area contributed by atoms with Crippen LogP contribution in [-0.4, -0.2) is 37.6 Å². The van der Waals surface area contributed by atoms with Gasteiger partial charge in [0.15, 0.2) is 0 Å². The van der Waals surface area contributed by atoms with Gasteiger partial charge in [0.1, 0.15) is 11.8 Å². The van der Waals surface area contributed by atoms with Crippen molar-refractivity contribution in [3.05, 3.63) is 24.3 Å². The highest BCUT2D eigenvalue weighted by molar-refractivity contribution is 6.02. The van der Waals surface area contributed by atoms with Crippen molar-refractivity contribution < 1.29 is 14.3 Å². The number of nitrogens with one attached hydrogen (secondary N) is 1. The summed E-state index contributed by atoms with van der Waals surface area (Å²) >= 11 is 0. The van der Waals surface area contributed by atoms with E-state index in [9.17, 15) is 9.59 Å². The number of anilines is 1. The van der Waals surface area contributed by atoms with Gasteiger partial charge < -0.3 is 20.7 Å². The molecule has 0 spiro atoms. The van der Waals surface area contributed by atoms with Crippen molar-refractivity contribution in [3.63, 3.8) is 0 Å². The molecule has 3 N–H and O–H groups in total.